The van der Waals surface area contributed by atoms with Crippen molar-refractivity contribution in [2.75, 3.05) is 13.2 Å². The van der Waals surface area contributed by atoms with Crippen molar-refractivity contribution in [1.29, 1.82) is 0 Å². The molecule has 11 N–H and O–H groups in total. The Bertz CT molecular complexity index is 867. The Morgan fingerprint density at radius 3 is 1.97 bits per heavy atom. The maximum absolute atomic E-state index is 13.0. The van der Waals surface area contributed by atoms with Crippen LogP contribution in [0.1, 0.15) is 31.2 Å². The normalized spacial score (nSPS) is 14.1. The van der Waals surface area contributed by atoms with Crippen LogP contribution < -0.4 is 33.2 Å². The minimum Gasteiger partial charge on any atom is -0.480 e. The molecular formula is C22H34N6O7. The first-order valence-corrected chi connectivity index (χ1v) is 11.1. The molecule has 0 saturated carbocycles. The van der Waals surface area contributed by atoms with Crippen LogP contribution in [0.25, 0.3) is 0 Å². The molecule has 0 saturated heterocycles. The van der Waals surface area contributed by atoms with Crippen molar-refractivity contribution >= 4 is 29.6 Å². The number of aliphatic hydroxyl groups is 1. The highest BCUT2D eigenvalue weighted by Crippen LogP contribution is 2.07. The third-order valence-electron chi connectivity index (χ3n) is 5.05. The number of primary amides is 1. The number of carboxylic acids is 1. The van der Waals surface area contributed by atoms with Gasteiger partial charge in [0.1, 0.15) is 24.2 Å². The Balaban J connectivity index is 3.09. The van der Waals surface area contributed by atoms with E-state index in [4.69, 9.17) is 22.3 Å². The predicted molar refractivity (Wildman–Crippen MR) is 125 cm³/mol. The lowest BCUT2D eigenvalue weighted by Crippen LogP contribution is -2.58. The fourth-order valence-electron chi connectivity index (χ4n) is 3.13. The van der Waals surface area contributed by atoms with Gasteiger partial charge in [-0.2, -0.15) is 0 Å². The van der Waals surface area contributed by atoms with Gasteiger partial charge >= 0.3 is 5.97 Å². The molecule has 4 amide bonds. The molecule has 13 nitrogen and oxygen atoms in total. The van der Waals surface area contributed by atoms with Gasteiger partial charge in [-0.1, -0.05) is 30.3 Å². The Labute approximate surface area is 202 Å². The molecule has 1 aromatic rings. The molecule has 0 bridgehead atoms. The lowest BCUT2D eigenvalue weighted by atomic mass is 10.0. The lowest BCUT2D eigenvalue weighted by Gasteiger charge is -2.25. The van der Waals surface area contributed by atoms with Crippen molar-refractivity contribution in [2.45, 2.75) is 56.3 Å². The quantitative estimate of drug-likeness (QED) is 0.110. The van der Waals surface area contributed by atoms with Gasteiger partial charge in [0.2, 0.25) is 23.6 Å². The smallest absolute Gasteiger partial charge is 0.326 e. The van der Waals surface area contributed by atoms with Crippen LogP contribution in [0.2, 0.25) is 0 Å². The highest BCUT2D eigenvalue weighted by atomic mass is 16.4. The summed E-state index contributed by atoms with van der Waals surface area (Å²) in [4.78, 5) is 61.0. The Kier molecular flexibility index (Phi) is 12.9. The number of rotatable bonds is 16. The number of amides is 4. The molecule has 4 atom stereocenters. The first kappa shape index (κ1) is 29.5. The number of nitrogens with two attached hydrogens (primary N) is 3. The lowest BCUT2D eigenvalue weighted by molar-refractivity contribution is -0.142. The molecule has 0 fully saturated rings. The molecule has 13 heteroatoms. The van der Waals surface area contributed by atoms with Gasteiger partial charge in [-0.15, -0.1) is 0 Å². The summed E-state index contributed by atoms with van der Waals surface area (Å²) in [6.45, 7) is -0.323. The van der Waals surface area contributed by atoms with Crippen molar-refractivity contribution in [3.63, 3.8) is 0 Å². The first-order valence-electron chi connectivity index (χ1n) is 11.1. The third-order valence-corrected chi connectivity index (χ3v) is 5.05. The zero-order valence-corrected chi connectivity index (χ0v) is 19.3. The van der Waals surface area contributed by atoms with Crippen molar-refractivity contribution in [1.82, 2.24) is 16.0 Å². The number of unbranched alkanes of at least 4 members (excludes halogenated alkanes) is 1. The summed E-state index contributed by atoms with van der Waals surface area (Å²) >= 11 is 0. The SMILES string of the molecule is NCCCCC(NC(=O)C(Cc1ccccc1)NC(=O)C(CC(N)=O)NC(=O)C(N)CO)C(=O)O. The van der Waals surface area contributed by atoms with Crippen molar-refractivity contribution < 1.29 is 34.2 Å². The van der Waals surface area contributed by atoms with E-state index in [9.17, 15) is 29.1 Å². The van der Waals surface area contributed by atoms with Crippen molar-refractivity contribution in [3.8, 4) is 0 Å². The molecule has 1 rings (SSSR count). The van der Waals surface area contributed by atoms with E-state index in [0.29, 0.717) is 24.9 Å². The second-order valence-corrected chi connectivity index (χ2v) is 7.96. The monoisotopic (exact) mass is 494 g/mol. The van der Waals surface area contributed by atoms with E-state index in [1.807, 2.05) is 0 Å². The maximum Gasteiger partial charge on any atom is 0.326 e. The van der Waals surface area contributed by atoms with E-state index in [2.05, 4.69) is 16.0 Å². The molecule has 35 heavy (non-hydrogen) atoms. The Morgan fingerprint density at radius 1 is 0.857 bits per heavy atom. The molecule has 194 valence electrons. The zero-order valence-electron chi connectivity index (χ0n) is 19.3. The summed E-state index contributed by atoms with van der Waals surface area (Å²) in [5.74, 6) is -4.72. The molecule has 4 unspecified atom stereocenters. The van der Waals surface area contributed by atoms with E-state index in [1.54, 1.807) is 30.3 Å². The van der Waals surface area contributed by atoms with Crippen LogP contribution in [0.3, 0.4) is 0 Å². The number of hydrogen-bond donors (Lipinski definition) is 8. The van der Waals surface area contributed by atoms with Crippen molar-refractivity contribution in [2.24, 2.45) is 17.2 Å². The molecule has 0 aromatic heterocycles. The van der Waals surface area contributed by atoms with E-state index < -0.39 is 66.8 Å². The summed E-state index contributed by atoms with van der Waals surface area (Å²) in [7, 11) is 0. The van der Waals surface area contributed by atoms with Crippen molar-refractivity contribution in [3.05, 3.63) is 35.9 Å². The average Bonchev–Trinajstić information content (AvgIpc) is 2.82. The van der Waals surface area contributed by atoms with Gasteiger partial charge in [0, 0.05) is 6.42 Å². The fraction of sp³-hybridized carbons (Fsp3) is 0.500. The highest BCUT2D eigenvalue weighted by molar-refractivity contribution is 5.96. The van der Waals surface area contributed by atoms with Gasteiger partial charge in [0.05, 0.1) is 13.0 Å². The van der Waals surface area contributed by atoms with E-state index in [1.165, 1.54) is 0 Å². The first-order chi connectivity index (χ1) is 16.6. The van der Waals surface area contributed by atoms with Gasteiger partial charge in [0.25, 0.3) is 0 Å². The molecule has 0 aliphatic rings. The highest BCUT2D eigenvalue weighted by Gasteiger charge is 2.31. The number of nitrogens with one attached hydrogen (secondary N) is 3. The summed E-state index contributed by atoms with van der Waals surface area (Å²) in [5, 5.41) is 25.6. The number of carbonyl (C=O) groups is 5. The molecule has 0 aliphatic heterocycles. The average molecular weight is 495 g/mol. The fourth-order valence-corrected chi connectivity index (χ4v) is 3.13. The standard InChI is InChI=1S/C22H34N6O7/c23-9-5-4-8-15(22(34)35)26-20(32)16(10-13-6-2-1-3-7-13)28-21(33)17(11-18(25)30)27-19(31)14(24)12-29/h1-3,6-7,14-17,29H,4-5,8-12,23-24H2,(H2,25,30)(H,26,32)(H,27,31)(H,28,33)(H,34,35). The number of carbonyl (C=O) groups excluding carboxylic acids is 4. The summed E-state index contributed by atoms with van der Waals surface area (Å²) < 4.78 is 0. The Morgan fingerprint density at radius 2 is 1.43 bits per heavy atom. The largest absolute Gasteiger partial charge is 0.480 e. The topological polar surface area (TPSA) is 240 Å². The Hall–Kier alpha value is -3.55. The van der Waals surface area contributed by atoms with Crippen LogP contribution in [0.4, 0.5) is 0 Å². The summed E-state index contributed by atoms with van der Waals surface area (Å²) in [5.41, 5.74) is 16.7. The number of aliphatic carboxylic acids is 1. The summed E-state index contributed by atoms with van der Waals surface area (Å²) in [6.07, 6.45) is 0.604. The van der Waals surface area contributed by atoms with Gasteiger partial charge < -0.3 is 43.4 Å². The van der Waals surface area contributed by atoms with Crippen LogP contribution >= 0.6 is 0 Å². The van der Waals surface area contributed by atoms with E-state index in [0.717, 1.165) is 0 Å². The van der Waals surface area contributed by atoms with E-state index in [-0.39, 0.29) is 12.8 Å². The summed E-state index contributed by atoms with van der Waals surface area (Å²) in [6, 6.07) is 3.40. The molecule has 0 heterocycles. The van der Waals surface area contributed by atoms with Crippen LogP contribution in [0.5, 0.6) is 0 Å². The van der Waals surface area contributed by atoms with Crippen LogP contribution in [0.15, 0.2) is 30.3 Å². The molecule has 0 radical (unpaired) electrons. The minimum absolute atomic E-state index is 0.000937. The number of hydrogen-bond acceptors (Lipinski definition) is 8. The van der Waals surface area contributed by atoms with E-state index >= 15 is 0 Å². The molecule has 0 aliphatic carbocycles. The van der Waals surface area contributed by atoms with Crippen LogP contribution in [0, 0.1) is 0 Å². The second-order valence-electron chi connectivity index (χ2n) is 7.96. The number of carboxylic acid groups (broad SMARTS) is 1. The van der Waals surface area contributed by atoms with Gasteiger partial charge in [-0.25, -0.2) is 4.79 Å². The van der Waals surface area contributed by atoms with Crippen LogP contribution in [-0.4, -0.2) is 77.1 Å². The predicted octanol–water partition coefficient (Wildman–Crippen LogP) is -2.91. The maximum atomic E-state index is 13.0. The third kappa shape index (κ3) is 10.9. The molecule has 0 spiro atoms. The molecule has 1 aromatic carbocycles. The second kappa shape index (κ2) is 15.4. The van der Waals surface area contributed by atoms with Gasteiger partial charge in [0.15, 0.2) is 0 Å². The number of aliphatic hydroxyl groups excluding tert-OH is 1. The minimum atomic E-state index is -1.47. The number of benzene rings is 1. The van der Waals surface area contributed by atoms with Gasteiger partial charge in [-0.05, 0) is 31.4 Å². The van der Waals surface area contributed by atoms with Crippen LogP contribution in [-0.2, 0) is 30.4 Å². The molecular weight excluding hydrogens is 460 g/mol. The van der Waals surface area contributed by atoms with Gasteiger partial charge in [-0.3, -0.25) is 19.2 Å². The zero-order chi connectivity index (χ0) is 26.4.